The van der Waals surface area contributed by atoms with Gasteiger partial charge in [0.05, 0.1) is 5.25 Å². The molecule has 0 bridgehead atoms. The number of unbranched alkanes of at least 4 members (excludes halogenated alkanes) is 1. The Morgan fingerprint density at radius 1 is 1.45 bits per heavy atom. The molecule has 22 heavy (non-hydrogen) atoms. The average Bonchev–Trinajstić information content (AvgIpc) is 2.86. The summed E-state index contributed by atoms with van der Waals surface area (Å²) in [6.07, 6.45) is 7.76. The Kier molecular flexibility index (Phi) is 6.54. The summed E-state index contributed by atoms with van der Waals surface area (Å²) in [5.41, 5.74) is -0.198. The summed E-state index contributed by atoms with van der Waals surface area (Å²) in [7, 11) is 0. The molecule has 2 N–H and O–H groups in total. The van der Waals surface area contributed by atoms with Crippen molar-refractivity contribution >= 4 is 17.7 Å². The standard InChI is InChI=1S/C15H26N4O2S/c1-3-4-10-19-14(21)17-18-15(19)22-11(2)13(20)16-12-8-6-5-7-9-12/h11-12H,3-10H2,1-2H3,(H,16,20)(H,17,21). The zero-order valence-electron chi connectivity index (χ0n) is 13.4. The van der Waals surface area contributed by atoms with Crippen LogP contribution in [0.15, 0.2) is 9.95 Å². The van der Waals surface area contributed by atoms with Crippen molar-refractivity contribution < 1.29 is 4.79 Å². The molecule has 0 aliphatic heterocycles. The third-order valence-electron chi connectivity index (χ3n) is 4.06. The van der Waals surface area contributed by atoms with Gasteiger partial charge in [-0.25, -0.2) is 9.89 Å². The molecule has 1 amide bonds. The van der Waals surface area contributed by atoms with Gasteiger partial charge in [0.2, 0.25) is 5.91 Å². The Balaban J connectivity index is 1.91. The normalized spacial score (nSPS) is 17.4. The van der Waals surface area contributed by atoms with Crippen LogP contribution in [-0.4, -0.2) is 32.0 Å². The van der Waals surface area contributed by atoms with Crippen molar-refractivity contribution in [2.75, 3.05) is 0 Å². The lowest BCUT2D eigenvalue weighted by atomic mass is 9.95. The Hall–Kier alpha value is -1.24. The number of nitrogens with one attached hydrogen (secondary N) is 2. The molecule has 124 valence electrons. The number of hydrogen-bond donors (Lipinski definition) is 2. The van der Waals surface area contributed by atoms with E-state index in [0.717, 1.165) is 25.7 Å². The highest BCUT2D eigenvalue weighted by molar-refractivity contribution is 8.00. The lowest BCUT2D eigenvalue weighted by molar-refractivity contribution is -0.121. The number of aromatic amines is 1. The largest absolute Gasteiger partial charge is 0.352 e. The molecule has 1 atom stereocenters. The molecule has 0 saturated heterocycles. The molecule has 1 heterocycles. The summed E-state index contributed by atoms with van der Waals surface area (Å²) in [6.45, 7) is 4.59. The van der Waals surface area contributed by atoms with Gasteiger partial charge in [-0.3, -0.25) is 9.36 Å². The smallest absolute Gasteiger partial charge is 0.343 e. The zero-order chi connectivity index (χ0) is 15.9. The van der Waals surface area contributed by atoms with Crippen molar-refractivity contribution in [3.8, 4) is 0 Å². The maximum absolute atomic E-state index is 12.3. The lowest BCUT2D eigenvalue weighted by Crippen LogP contribution is -2.40. The topological polar surface area (TPSA) is 79.8 Å². The summed E-state index contributed by atoms with van der Waals surface area (Å²) in [5.74, 6) is 0.0365. The number of hydrogen-bond acceptors (Lipinski definition) is 4. The maximum Gasteiger partial charge on any atom is 0.343 e. The quantitative estimate of drug-likeness (QED) is 0.754. The number of carbonyl (C=O) groups is 1. The summed E-state index contributed by atoms with van der Waals surface area (Å²) in [4.78, 5) is 24.0. The van der Waals surface area contributed by atoms with Gasteiger partial charge in [-0.1, -0.05) is 44.4 Å². The number of amides is 1. The number of nitrogens with zero attached hydrogens (tertiary/aromatic N) is 2. The van der Waals surface area contributed by atoms with E-state index >= 15 is 0 Å². The Bertz CT molecular complexity index is 534. The fourth-order valence-electron chi connectivity index (χ4n) is 2.68. The van der Waals surface area contributed by atoms with Gasteiger partial charge >= 0.3 is 5.69 Å². The van der Waals surface area contributed by atoms with Crippen molar-refractivity contribution in [3.05, 3.63) is 10.5 Å². The van der Waals surface area contributed by atoms with Crippen LogP contribution in [-0.2, 0) is 11.3 Å². The van der Waals surface area contributed by atoms with Crippen LogP contribution >= 0.6 is 11.8 Å². The van der Waals surface area contributed by atoms with Crippen LogP contribution in [0.3, 0.4) is 0 Å². The van der Waals surface area contributed by atoms with Crippen LogP contribution in [0.2, 0.25) is 0 Å². The van der Waals surface area contributed by atoms with E-state index in [1.54, 1.807) is 4.57 Å². The highest BCUT2D eigenvalue weighted by Crippen LogP contribution is 2.22. The van der Waals surface area contributed by atoms with Gasteiger partial charge in [-0.2, -0.15) is 0 Å². The first-order valence-electron chi connectivity index (χ1n) is 8.24. The van der Waals surface area contributed by atoms with Gasteiger partial charge < -0.3 is 5.32 Å². The minimum Gasteiger partial charge on any atom is -0.352 e. The molecule has 1 unspecified atom stereocenters. The highest BCUT2D eigenvalue weighted by Gasteiger charge is 2.22. The molecule has 6 nitrogen and oxygen atoms in total. The molecular formula is C15H26N4O2S. The molecule has 1 aromatic heterocycles. The molecule has 1 aromatic rings. The summed E-state index contributed by atoms with van der Waals surface area (Å²) in [6, 6.07) is 0.311. The predicted octanol–water partition coefficient (Wildman–Crippen LogP) is 2.30. The summed E-state index contributed by atoms with van der Waals surface area (Å²) >= 11 is 1.35. The average molecular weight is 326 g/mol. The monoisotopic (exact) mass is 326 g/mol. The third-order valence-corrected chi connectivity index (χ3v) is 5.15. The number of aromatic nitrogens is 3. The summed E-state index contributed by atoms with van der Waals surface area (Å²) < 4.78 is 1.62. The van der Waals surface area contributed by atoms with Gasteiger partial charge in [0.25, 0.3) is 0 Å². The van der Waals surface area contributed by atoms with E-state index in [-0.39, 0.29) is 16.8 Å². The Morgan fingerprint density at radius 3 is 2.86 bits per heavy atom. The summed E-state index contributed by atoms with van der Waals surface area (Å²) in [5, 5.41) is 10.00. The minimum absolute atomic E-state index is 0.0365. The first kappa shape index (κ1) is 17.1. The van der Waals surface area contributed by atoms with Crippen LogP contribution in [0, 0.1) is 0 Å². The molecule has 0 radical (unpaired) electrons. The van der Waals surface area contributed by atoms with Crippen LogP contribution in [0.1, 0.15) is 58.8 Å². The molecule has 0 spiro atoms. The van der Waals surface area contributed by atoms with Gasteiger partial charge in [0.1, 0.15) is 0 Å². The second-order valence-electron chi connectivity index (χ2n) is 5.92. The van der Waals surface area contributed by atoms with E-state index in [0.29, 0.717) is 17.7 Å². The van der Waals surface area contributed by atoms with Gasteiger partial charge in [-0.05, 0) is 26.2 Å². The van der Waals surface area contributed by atoms with E-state index in [2.05, 4.69) is 22.4 Å². The zero-order valence-corrected chi connectivity index (χ0v) is 14.2. The number of thioether (sulfide) groups is 1. The first-order chi connectivity index (χ1) is 10.6. The molecule has 2 rings (SSSR count). The number of rotatable bonds is 7. The number of carbonyl (C=O) groups excluding carboxylic acids is 1. The molecule has 7 heteroatoms. The van der Waals surface area contributed by atoms with Gasteiger partial charge in [0.15, 0.2) is 5.16 Å². The fourth-order valence-corrected chi connectivity index (χ4v) is 3.57. The third kappa shape index (κ3) is 4.63. The molecule has 1 aliphatic rings. The Labute approximate surface area is 135 Å². The van der Waals surface area contributed by atoms with E-state index in [1.807, 2.05) is 6.92 Å². The van der Waals surface area contributed by atoms with Crippen LogP contribution in [0.5, 0.6) is 0 Å². The second-order valence-corrected chi connectivity index (χ2v) is 7.23. The highest BCUT2D eigenvalue weighted by atomic mass is 32.2. The van der Waals surface area contributed by atoms with Crippen LogP contribution < -0.4 is 11.0 Å². The van der Waals surface area contributed by atoms with Gasteiger partial charge in [0, 0.05) is 12.6 Å². The predicted molar refractivity (Wildman–Crippen MR) is 88.1 cm³/mol. The molecule has 1 aliphatic carbocycles. The van der Waals surface area contributed by atoms with Crippen molar-refractivity contribution in [2.24, 2.45) is 0 Å². The van der Waals surface area contributed by atoms with Crippen LogP contribution in [0.4, 0.5) is 0 Å². The van der Waals surface area contributed by atoms with E-state index in [9.17, 15) is 9.59 Å². The van der Waals surface area contributed by atoms with Crippen molar-refractivity contribution in [1.29, 1.82) is 0 Å². The van der Waals surface area contributed by atoms with E-state index in [4.69, 9.17) is 0 Å². The lowest BCUT2D eigenvalue weighted by Gasteiger charge is -2.24. The first-order valence-corrected chi connectivity index (χ1v) is 9.12. The second kappa shape index (κ2) is 8.41. The molecule has 1 saturated carbocycles. The van der Waals surface area contributed by atoms with Crippen molar-refractivity contribution in [1.82, 2.24) is 20.1 Å². The van der Waals surface area contributed by atoms with Gasteiger partial charge in [-0.15, -0.1) is 5.10 Å². The molecule has 1 fully saturated rings. The SMILES string of the molecule is CCCCn1c(SC(C)C(=O)NC2CCCCC2)n[nH]c1=O. The Morgan fingerprint density at radius 2 is 2.18 bits per heavy atom. The van der Waals surface area contributed by atoms with Crippen LogP contribution in [0.25, 0.3) is 0 Å². The molecular weight excluding hydrogens is 300 g/mol. The minimum atomic E-state index is -0.252. The molecule has 0 aromatic carbocycles. The van der Waals surface area contributed by atoms with E-state index in [1.165, 1.54) is 31.0 Å². The maximum atomic E-state index is 12.3. The fraction of sp³-hybridized carbons (Fsp3) is 0.800. The number of H-pyrrole nitrogens is 1. The van der Waals surface area contributed by atoms with Crippen molar-refractivity contribution in [3.63, 3.8) is 0 Å². The van der Waals surface area contributed by atoms with Crippen molar-refractivity contribution in [2.45, 2.75) is 81.8 Å². The van der Waals surface area contributed by atoms with E-state index < -0.39 is 0 Å².